The molecule has 1 heterocycles. The summed E-state index contributed by atoms with van der Waals surface area (Å²) < 4.78 is 0. The van der Waals surface area contributed by atoms with Gasteiger partial charge in [0.25, 0.3) is 5.91 Å². The Labute approximate surface area is 109 Å². The third-order valence-electron chi connectivity index (χ3n) is 2.65. The molecule has 1 aliphatic heterocycles. The molecule has 0 saturated carbocycles. The molecule has 1 aromatic carbocycles. The summed E-state index contributed by atoms with van der Waals surface area (Å²) >= 11 is 5.13. The fraction of sp³-hybridized carbons (Fsp3) is 0.250. The summed E-state index contributed by atoms with van der Waals surface area (Å²) in [6, 6.07) is 7.06. The van der Waals surface area contributed by atoms with Gasteiger partial charge in [0.05, 0.1) is 29.2 Å². The maximum absolute atomic E-state index is 12.2. The van der Waals surface area contributed by atoms with Gasteiger partial charge >= 0.3 is 5.97 Å². The molecule has 1 amide bonds. The summed E-state index contributed by atoms with van der Waals surface area (Å²) in [6.45, 7) is 0.403. The Morgan fingerprint density at radius 2 is 2.17 bits per heavy atom. The first kappa shape index (κ1) is 12.5. The van der Waals surface area contributed by atoms with Gasteiger partial charge in [0.2, 0.25) is 0 Å². The van der Waals surface area contributed by atoms with Crippen molar-refractivity contribution in [2.45, 2.75) is 6.42 Å². The number of aliphatic carboxylic acids is 1. The van der Waals surface area contributed by atoms with Crippen molar-refractivity contribution in [3.05, 3.63) is 29.8 Å². The van der Waals surface area contributed by atoms with Gasteiger partial charge in [0, 0.05) is 6.54 Å². The molecule has 0 aromatic heterocycles. The minimum absolute atomic E-state index is 0.0868. The van der Waals surface area contributed by atoms with Gasteiger partial charge in [-0.05, 0) is 12.1 Å². The SMILES string of the molecule is O=C(O)CCN1CC(=S)Nc2ccccc2C1=O. The van der Waals surface area contributed by atoms with Crippen LogP contribution in [0.5, 0.6) is 0 Å². The first-order chi connectivity index (χ1) is 8.58. The molecule has 0 unspecified atom stereocenters. The lowest BCUT2D eigenvalue weighted by molar-refractivity contribution is -0.137. The highest BCUT2D eigenvalue weighted by Crippen LogP contribution is 2.20. The van der Waals surface area contributed by atoms with E-state index in [1.165, 1.54) is 4.90 Å². The molecule has 0 saturated heterocycles. The topological polar surface area (TPSA) is 69.6 Å². The zero-order chi connectivity index (χ0) is 13.1. The van der Waals surface area contributed by atoms with Gasteiger partial charge in [-0.1, -0.05) is 24.4 Å². The molecule has 94 valence electrons. The number of rotatable bonds is 3. The number of carbonyl (C=O) groups excluding carboxylic acids is 1. The fourth-order valence-electron chi connectivity index (χ4n) is 1.80. The van der Waals surface area contributed by atoms with E-state index in [1.807, 2.05) is 6.07 Å². The number of hydrogen-bond donors (Lipinski definition) is 2. The maximum atomic E-state index is 12.2. The highest BCUT2D eigenvalue weighted by Gasteiger charge is 2.24. The zero-order valence-electron chi connectivity index (χ0n) is 9.55. The van der Waals surface area contributed by atoms with Crippen LogP contribution in [0.1, 0.15) is 16.8 Å². The van der Waals surface area contributed by atoms with Crippen molar-refractivity contribution in [1.82, 2.24) is 4.90 Å². The Hall–Kier alpha value is -1.95. The quantitative estimate of drug-likeness (QED) is 0.807. The van der Waals surface area contributed by atoms with Gasteiger partial charge in [-0.3, -0.25) is 9.59 Å². The van der Waals surface area contributed by atoms with Crippen molar-refractivity contribution in [1.29, 1.82) is 0 Å². The van der Waals surface area contributed by atoms with Gasteiger partial charge in [-0.2, -0.15) is 0 Å². The van der Waals surface area contributed by atoms with Crippen molar-refractivity contribution < 1.29 is 14.7 Å². The van der Waals surface area contributed by atoms with Gasteiger partial charge in [-0.25, -0.2) is 0 Å². The molecule has 0 fully saturated rings. The molecule has 2 rings (SSSR count). The van der Waals surface area contributed by atoms with Crippen LogP contribution >= 0.6 is 12.2 Å². The van der Waals surface area contributed by atoms with Crippen molar-refractivity contribution in [3.8, 4) is 0 Å². The van der Waals surface area contributed by atoms with E-state index in [0.29, 0.717) is 16.2 Å². The molecule has 0 atom stereocenters. The average Bonchev–Trinajstić information content (AvgIpc) is 2.45. The van der Waals surface area contributed by atoms with E-state index in [0.717, 1.165) is 0 Å². The number of nitrogens with zero attached hydrogens (tertiary/aromatic N) is 1. The molecule has 1 aliphatic rings. The van der Waals surface area contributed by atoms with Crippen molar-refractivity contribution >= 4 is 34.8 Å². The molecule has 2 N–H and O–H groups in total. The Balaban J connectivity index is 2.26. The number of para-hydroxylation sites is 1. The summed E-state index contributed by atoms with van der Waals surface area (Å²) in [5.74, 6) is -1.13. The molecule has 1 aromatic rings. The third kappa shape index (κ3) is 2.65. The van der Waals surface area contributed by atoms with E-state index in [4.69, 9.17) is 17.3 Å². The number of hydrogen-bond acceptors (Lipinski definition) is 3. The summed E-state index contributed by atoms with van der Waals surface area (Å²) in [7, 11) is 0. The monoisotopic (exact) mass is 264 g/mol. The van der Waals surface area contributed by atoms with Crippen LogP contribution in [0, 0.1) is 0 Å². The smallest absolute Gasteiger partial charge is 0.305 e. The number of carboxylic acid groups (broad SMARTS) is 1. The Bertz CT molecular complexity index is 516. The van der Waals surface area contributed by atoms with Crippen molar-refractivity contribution in [3.63, 3.8) is 0 Å². The van der Waals surface area contributed by atoms with Crippen LogP contribution in [0.4, 0.5) is 5.69 Å². The molecule has 5 nitrogen and oxygen atoms in total. The van der Waals surface area contributed by atoms with Gasteiger partial charge in [-0.15, -0.1) is 0 Å². The first-order valence-electron chi connectivity index (χ1n) is 5.48. The van der Waals surface area contributed by atoms with E-state index in [1.54, 1.807) is 18.2 Å². The number of carbonyl (C=O) groups is 2. The van der Waals surface area contributed by atoms with Gasteiger partial charge in [0.1, 0.15) is 0 Å². The number of benzene rings is 1. The summed E-state index contributed by atoms with van der Waals surface area (Å²) in [5.41, 5.74) is 1.19. The minimum Gasteiger partial charge on any atom is -0.481 e. The predicted octanol–water partition coefficient (Wildman–Crippen LogP) is 1.36. The lowest BCUT2D eigenvalue weighted by Gasteiger charge is -2.19. The largest absolute Gasteiger partial charge is 0.481 e. The fourth-order valence-corrected chi connectivity index (χ4v) is 2.06. The zero-order valence-corrected chi connectivity index (χ0v) is 10.4. The molecular weight excluding hydrogens is 252 g/mol. The second-order valence-electron chi connectivity index (χ2n) is 3.96. The number of thiocarbonyl (C=S) groups is 1. The predicted molar refractivity (Wildman–Crippen MR) is 70.8 cm³/mol. The number of carboxylic acids is 1. The van der Waals surface area contributed by atoms with Crippen LogP contribution in [0.3, 0.4) is 0 Å². The van der Waals surface area contributed by atoms with Crippen molar-refractivity contribution in [2.75, 3.05) is 18.4 Å². The van der Waals surface area contributed by atoms with Gasteiger partial charge < -0.3 is 15.3 Å². The van der Waals surface area contributed by atoms with E-state index in [9.17, 15) is 9.59 Å². The summed E-state index contributed by atoms with van der Waals surface area (Å²) in [5, 5.41) is 11.7. The van der Waals surface area contributed by atoms with Gasteiger partial charge in [0.15, 0.2) is 0 Å². The minimum atomic E-state index is -0.931. The third-order valence-corrected chi connectivity index (χ3v) is 2.88. The van der Waals surface area contributed by atoms with Crippen LogP contribution in [-0.2, 0) is 4.79 Å². The second kappa shape index (κ2) is 5.14. The standard InChI is InChI=1S/C12H12N2O3S/c15-11(16)5-6-14-7-10(18)13-9-4-2-1-3-8(9)12(14)17/h1-4H,5-7H2,(H,13,18)(H,15,16). The summed E-state index contributed by atoms with van der Waals surface area (Å²) in [6.07, 6.45) is -0.0868. The molecule has 0 aliphatic carbocycles. The second-order valence-corrected chi connectivity index (χ2v) is 4.46. The highest BCUT2D eigenvalue weighted by atomic mass is 32.1. The molecule has 18 heavy (non-hydrogen) atoms. The van der Waals surface area contributed by atoms with Crippen LogP contribution < -0.4 is 5.32 Å². The van der Waals surface area contributed by atoms with Crippen molar-refractivity contribution in [2.24, 2.45) is 0 Å². The maximum Gasteiger partial charge on any atom is 0.305 e. The van der Waals surface area contributed by atoms with Crippen LogP contribution in [0.2, 0.25) is 0 Å². The molecule has 0 radical (unpaired) electrons. The normalized spacial score (nSPS) is 14.8. The number of nitrogens with one attached hydrogen (secondary N) is 1. The van der Waals surface area contributed by atoms with Crippen LogP contribution in [-0.4, -0.2) is 40.0 Å². The number of anilines is 1. The summed E-state index contributed by atoms with van der Waals surface area (Å²) in [4.78, 5) is 24.8. The average molecular weight is 264 g/mol. The molecular formula is C12H12N2O3S. The Morgan fingerprint density at radius 3 is 2.89 bits per heavy atom. The van der Waals surface area contributed by atoms with Crippen LogP contribution in [0.25, 0.3) is 0 Å². The lowest BCUT2D eigenvalue weighted by Crippen LogP contribution is -2.36. The number of fused-ring (bicyclic) bond motifs is 1. The Kier molecular flexibility index (Phi) is 3.57. The van der Waals surface area contributed by atoms with E-state index < -0.39 is 5.97 Å². The first-order valence-corrected chi connectivity index (χ1v) is 5.88. The molecule has 0 bridgehead atoms. The van der Waals surface area contributed by atoms with Crippen LogP contribution in [0.15, 0.2) is 24.3 Å². The number of amides is 1. The molecule has 6 heteroatoms. The lowest BCUT2D eigenvalue weighted by atomic mass is 10.1. The Morgan fingerprint density at radius 1 is 1.44 bits per heavy atom. The van der Waals surface area contributed by atoms with E-state index in [-0.39, 0.29) is 25.4 Å². The molecule has 0 spiro atoms. The van der Waals surface area contributed by atoms with E-state index >= 15 is 0 Å². The highest BCUT2D eigenvalue weighted by molar-refractivity contribution is 7.80. The van der Waals surface area contributed by atoms with E-state index in [2.05, 4.69) is 5.32 Å².